The maximum atomic E-state index is 10.8. The monoisotopic (exact) mass is 358 g/mol. The van der Waals surface area contributed by atoms with Gasteiger partial charge in [0.05, 0.1) is 24.7 Å². The van der Waals surface area contributed by atoms with Crippen molar-refractivity contribution in [3.63, 3.8) is 0 Å². The second-order valence-electron chi connectivity index (χ2n) is 7.49. The van der Waals surface area contributed by atoms with E-state index in [1.165, 1.54) is 12.1 Å². The van der Waals surface area contributed by atoms with Gasteiger partial charge in [0.1, 0.15) is 28.6 Å². The standard InChI is InChI=1S/C20H22O6/c1-20(2)17(22)8-13-15(26-20)6-5-11(18(13)23)14-9-25-16-7-10(21)3-4-12(16)19(14)24/h3-7,14,17,19,21-24H,8-9H2,1-2H3/t14-,17?,19+/m1/s1. The zero-order chi connectivity index (χ0) is 18.6. The third-order valence-electron chi connectivity index (χ3n) is 5.36. The second kappa shape index (κ2) is 5.79. The van der Waals surface area contributed by atoms with Crippen molar-refractivity contribution in [1.82, 2.24) is 0 Å². The Morgan fingerprint density at radius 3 is 2.50 bits per heavy atom. The average Bonchev–Trinajstić information content (AvgIpc) is 2.58. The minimum Gasteiger partial charge on any atom is -0.508 e. The molecule has 2 aliphatic heterocycles. The van der Waals surface area contributed by atoms with Crippen molar-refractivity contribution in [3.8, 4) is 23.0 Å². The van der Waals surface area contributed by atoms with Crippen LogP contribution in [0.15, 0.2) is 30.3 Å². The molecule has 0 spiro atoms. The summed E-state index contributed by atoms with van der Waals surface area (Å²) in [5, 5.41) is 41.4. The van der Waals surface area contributed by atoms with Gasteiger partial charge in [-0.25, -0.2) is 0 Å². The Morgan fingerprint density at radius 1 is 1.00 bits per heavy atom. The van der Waals surface area contributed by atoms with E-state index in [2.05, 4.69) is 0 Å². The van der Waals surface area contributed by atoms with Crippen molar-refractivity contribution >= 4 is 0 Å². The lowest BCUT2D eigenvalue weighted by atomic mass is 9.83. The predicted octanol–water partition coefficient (Wildman–Crippen LogP) is 2.38. The van der Waals surface area contributed by atoms with Gasteiger partial charge in [0.2, 0.25) is 0 Å². The van der Waals surface area contributed by atoms with Crippen LogP contribution in [0.2, 0.25) is 0 Å². The fourth-order valence-corrected chi connectivity index (χ4v) is 3.66. The van der Waals surface area contributed by atoms with Crippen molar-refractivity contribution in [2.24, 2.45) is 0 Å². The molecule has 0 aliphatic carbocycles. The van der Waals surface area contributed by atoms with Crippen LogP contribution in [-0.2, 0) is 6.42 Å². The molecule has 138 valence electrons. The summed E-state index contributed by atoms with van der Waals surface area (Å²) in [6.45, 7) is 3.77. The molecular weight excluding hydrogens is 336 g/mol. The van der Waals surface area contributed by atoms with Gasteiger partial charge in [-0.1, -0.05) is 6.07 Å². The van der Waals surface area contributed by atoms with Gasteiger partial charge in [0.15, 0.2) is 0 Å². The van der Waals surface area contributed by atoms with E-state index in [1.54, 1.807) is 32.0 Å². The quantitative estimate of drug-likeness (QED) is 0.625. The molecule has 2 heterocycles. The van der Waals surface area contributed by atoms with Gasteiger partial charge in [0.25, 0.3) is 0 Å². The van der Waals surface area contributed by atoms with Crippen LogP contribution < -0.4 is 9.47 Å². The summed E-state index contributed by atoms with van der Waals surface area (Å²) in [6, 6.07) is 8.06. The number of phenolic OH excluding ortho intramolecular Hbond substituents is 2. The van der Waals surface area contributed by atoms with Gasteiger partial charge >= 0.3 is 0 Å². The first-order chi connectivity index (χ1) is 12.3. The normalized spacial score (nSPS) is 26.2. The molecule has 4 rings (SSSR count). The largest absolute Gasteiger partial charge is 0.508 e. The molecule has 3 atom stereocenters. The Labute approximate surface area is 151 Å². The first-order valence-corrected chi connectivity index (χ1v) is 8.63. The van der Waals surface area contributed by atoms with Crippen molar-refractivity contribution < 1.29 is 29.9 Å². The van der Waals surface area contributed by atoms with E-state index >= 15 is 0 Å². The molecular formula is C20H22O6. The summed E-state index contributed by atoms with van der Waals surface area (Å²) in [6.07, 6.45) is -1.35. The Bertz CT molecular complexity index is 860. The number of rotatable bonds is 1. The van der Waals surface area contributed by atoms with E-state index in [4.69, 9.17) is 9.47 Å². The van der Waals surface area contributed by atoms with E-state index in [0.717, 1.165) is 0 Å². The molecule has 2 aromatic rings. The molecule has 2 aliphatic rings. The lowest BCUT2D eigenvalue weighted by Gasteiger charge is -2.38. The van der Waals surface area contributed by atoms with Crippen LogP contribution in [0.5, 0.6) is 23.0 Å². The first kappa shape index (κ1) is 17.0. The molecule has 0 amide bonds. The highest BCUT2D eigenvalue weighted by Crippen LogP contribution is 2.47. The highest BCUT2D eigenvalue weighted by atomic mass is 16.5. The third-order valence-corrected chi connectivity index (χ3v) is 5.36. The Morgan fingerprint density at radius 2 is 1.73 bits per heavy atom. The highest BCUT2D eigenvalue weighted by Gasteiger charge is 2.39. The summed E-state index contributed by atoms with van der Waals surface area (Å²) in [5.41, 5.74) is 0.923. The van der Waals surface area contributed by atoms with E-state index < -0.39 is 23.7 Å². The van der Waals surface area contributed by atoms with Crippen molar-refractivity contribution in [3.05, 3.63) is 47.0 Å². The van der Waals surface area contributed by atoms with Crippen LogP contribution in [0, 0.1) is 0 Å². The molecule has 0 aromatic heterocycles. The molecule has 6 nitrogen and oxygen atoms in total. The summed E-state index contributed by atoms with van der Waals surface area (Å²) < 4.78 is 11.5. The predicted molar refractivity (Wildman–Crippen MR) is 93.8 cm³/mol. The van der Waals surface area contributed by atoms with Crippen LogP contribution in [-0.4, -0.2) is 38.7 Å². The molecule has 1 unspecified atom stereocenters. The summed E-state index contributed by atoms with van der Waals surface area (Å²) >= 11 is 0. The number of phenols is 2. The second-order valence-corrected chi connectivity index (χ2v) is 7.49. The SMILES string of the molecule is CC1(C)Oc2ccc([C@H]3COc4cc(O)ccc4[C@@H]3O)c(O)c2CC1O. The van der Waals surface area contributed by atoms with Gasteiger partial charge in [0, 0.05) is 29.2 Å². The molecule has 4 N–H and O–H groups in total. The summed E-state index contributed by atoms with van der Waals surface area (Å²) in [5.74, 6) is 0.598. The maximum Gasteiger partial charge on any atom is 0.129 e. The topological polar surface area (TPSA) is 99.4 Å². The van der Waals surface area contributed by atoms with Crippen molar-refractivity contribution in [1.29, 1.82) is 0 Å². The molecule has 26 heavy (non-hydrogen) atoms. The third kappa shape index (κ3) is 2.57. The molecule has 0 saturated heterocycles. The van der Waals surface area contributed by atoms with E-state index in [9.17, 15) is 20.4 Å². The van der Waals surface area contributed by atoms with Crippen molar-refractivity contribution in [2.75, 3.05) is 6.61 Å². The lowest BCUT2D eigenvalue weighted by molar-refractivity contribution is -0.0418. The number of ether oxygens (including phenoxy) is 2. The van der Waals surface area contributed by atoms with Crippen molar-refractivity contribution in [2.45, 2.75) is 44.0 Å². The number of hydrogen-bond donors (Lipinski definition) is 4. The van der Waals surface area contributed by atoms with Crippen LogP contribution in [0.1, 0.15) is 42.6 Å². The zero-order valence-corrected chi connectivity index (χ0v) is 14.6. The Kier molecular flexibility index (Phi) is 3.78. The summed E-state index contributed by atoms with van der Waals surface area (Å²) in [7, 11) is 0. The Hall–Kier alpha value is -2.44. The van der Waals surface area contributed by atoms with Gasteiger partial charge in [-0.2, -0.15) is 0 Å². The zero-order valence-electron chi connectivity index (χ0n) is 14.6. The minimum absolute atomic E-state index is 0.0203. The lowest BCUT2D eigenvalue weighted by Crippen LogP contribution is -2.46. The van der Waals surface area contributed by atoms with Crippen LogP contribution in [0.3, 0.4) is 0 Å². The van der Waals surface area contributed by atoms with Gasteiger partial charge in [-0.3, -0.25) is 0 Å². The number of hydrogen-bond acceptors (Lipinski definition) is 6. The number of benzene rings is 2. The molecule has 6 heteroatoms. The van der Waals surface area contributed by atoms with Gasteiger partial charge < -0.3 is 29.9 Å². The van der Waals surface area contributed by atoms with E-state index in [1.807, 2.05) is 0 Å². The molecule has 0 fully saturated rings. The van der Waals surface area contributed by atoms with Gasteiger partial charge in [-0.15, -0.1) is 0 Å². The molecule has 0 saturated carbocycles. The van der Waals surface area contributed by atoms with E-state index in [0.29, 0.717) is 28.2 Å². The minimum atomic E-state index is -0.880. The molecule has 0 bridgehead atoms. The maximum absolute atomic E-state index is 10.8. The van der Waals surface area contributed by atoms with Crippen LogP contribution in [0.4, 0.5) is 0 Å². The van der Waals surface area contributed by atoms with Gasteiger partial charge in [-0.05, 0) is 32.0 Å². The number of aliphatic hydroxyl groups excluding tert-OH is 2. The number of aromatic hydroxyl groups is 2. The van der Waals surface area contributed by atoms with Crippen LogP contribution >= 0.6 is 0 Å². The smallest absolute Gasteiger partial charge is 0.129 e. The summed E-state index contributed by atoms with van der Waals surface area (Å²) in [4.78, 5) is 0. The fraction of sp³-hybridized carbons (Fsp3) is 0.400. The molecule has 2 aromatic carbocycles. The highest BCUT2D eigenvalue weighted by molar-refractivity contribution is 5.54. The first-order valence-electron chi connectivity index (χ1n) is 8.63. The average molecular weight is 358 g/mol. The van der Waals surface area contributed by atoms with Crippen LogP contribution in [0.25, 0.3) is 0 Å². The molecule has 0 radical (unpaired) electrons. The fourth-order valence-electron chi connectivity index (χ4n) is 3.66. The number of aliphatic hydroxyl groups is 2. The number of fused-ring (bicyclic) bond motifs is 2. The Balaban J connectivity index is 1.72. The van der Waals surface area contributed by atoms with E-state index in [-0.39, 0.29) is 24.5 Å².